The molecular formula is C17H15F3N4OS. The summed E-state index contributed by atoms with van der Waals surface area (Å²) in [6.07, 6.45) is -4.52. The topological polar surface area (TPSA) is 59.8 Å². The van der Waals surface area contributed by atoms with E-state index in [0.717, 1.165) is 34.9 Å². The molecule has 0 spiro atoms. The molecule has 5 nitrogen and oxygen atoms in total. The van der Waals surface area contributed by atoms with Crippen LogP contribution in [0.4, 0.5) is 18.9 Å². The summed E-state index contributed by atoms with van der Waals surface area (Å²) >= 11 is 1.13. The maximum Gasteiger partial charge on any atom is 0.416 e. The predicted molar refractivity (Wildman–Crippen MR) is 92.8 cm³/mol. The lowest BCUT2D eigenvalue weighted by Crippen LogP contribution is -2.16. The average molecular weight is 380 g/mol. The van der Waals surface area contributed by atoms with Gasteiger partial charge in [0.05, 0.1) is 33.8 Å². The van der Waals surface area contributed by atoms with Crippen LogP contribution in [0.5, 0.6) is 0 Å². The monoisotopic (exact) mass is 380 g/mol. The molecule has 26 heavy (non-hydrogen) atoms. The smallest absolute Gasteiger partial charge is 0.319 e. The third-order valence-electron chi connectivity index (χ3n) is 3.76. The van der Waals surface area contributed by atoms with Gasteiger partial charge in [-0.25, -0.2) is 9.67 Å². The standard InChI is InChI=1S/C17H15F3N4OS/c1-9-6-10(2)24(23-9)14-5-4-12(17(18,19)20)7-13(14)22-16(25)15-11(3)21-8-26-15/h4-8H,1-3H3,(H,22,25). The van der Waals surface area contributed by atoms with Gasteiger partial charge < -0.3 is 5.32 Å². The zero-order valence-electron chi connectivity index (χ0n) is 14.2. The summed E-state index contributed by atoms with van der Waals surface area (Å²) in [7, 11) is 0. The van der Waals surface area contributed by atoms with Gasteiger partial charge in [-0.05, 0) is 45.0 Å². The summed E-state index contributed by atoms with van der Waals surface area (Å²) in [5.41, 5.74) is 3.04. The fourth-order valence-corrected chi connectivity index (χ4v) is 3.27. The first kappa shape index (κ1) is 18.1. The van der Waals surface area contributed by atoms with E-state index in [2.05, 4.69) is 15.4 Å². The maximum atomic E-state index is 13.1. The zero-order chi connectivity index (χ0) is 19.1. The second-order valence-corrected chi connectivity index (χ2v) is 6.64. The molecule has 0 atom stereocenters. The molecule has 3 rings (SSSR count). The number of amides is 1. The summed E-state index contributed by atoms with van der Waals surface area (Å²) in [5.74, 6) is -0.507. The van der Waals surface area contributed by atoms with E-state index in [4.69, 9.17) is 0 Å². The molecule has 0 saturated carbocycles. The van der Waals surface area contributed by atoms with Crippen molar-refractivity contribution in [3.05, 3.63) is 57.3 Å². The first-order valence-electron chi connectivity index (χ1n) is 7.63. The van der Waals surface area contributed by atoms with Gasteiger partial charge in [0.15, 0.2) is 0 Å². The van der Waals surface area contributed by atoms with Gasteiger partial charge in [-0.15, -0.1) is 11.3 Å². The van der Waals surface area contributed by atoms with Crippen molar-refractivity contribution in [2.75, 3.05) is 5.32 Å². The number of benzene rings is 1. The van der Waals surface area contributed by atoms with E-state index in [1.807, 2.05) is 0 Å². The molecule has 2 aromatic heterocycles. The quantitative estimate of drug-likeness (QED) is 0.727. The third kappa shape index (κ3) is 3.48. The summed E-state index contributed by atoms with van der Waals surface area (Å²) in [6.45, 7) is 5.24. The zero-order valence-corrected chi connectivity index (χ0v) is 15.0. The van der Waals surface area contributed by atoms with Gasteiger partial charge in [0.2, 0.25) is 0 Å². The minimum atomic E-state index is -4.52. The van der Waals surface area contributed by atoms with Crippen molar-refractivity contribution in [2.24, 2.45) is 0 Å². The Hall–Kier alpha value is -2.68. The predicted octanol–water partition coefficient (Wildman–Crippen LogP) is 4.53. The Morgan fingerprint density at radius 3 is 2.46 bits per heavy atom. The molecule has 136 valence electrons. The van der Waals surface area contributed by atoms with Crippen LogP contribution >= 0.6 is 11.3 Å². The Bertz CT molecular complexity index is 975. The number of thiazole rings is 1. The molecule has 0 bridgehead atoms. The van der Waals surface area contributed by atoms with Crippen molar-refractivity contribution in [3.8, 4) is 5.69 Å². The SMILES string of the molecule is Cc1cc(C)n(-c2ccc(C(F)(F)F)cc2NC(=O)c2scnc2C)n1. The van der Waals surface area contributed by atoms with Crippen LogP contribution < -0.4 is 5.32 Å². The van der Waals surface area contributed by atoms with Gasteiger partial charge >= 0.3 is 6.18 Å². The van der Waals surface area contributed by atoms with E-state index in [1.165, 1.54) is 16.3 Å². The third-order valence-corrected chi connectivity index (χ3v) is 4.69. The van der Waals surface area contributed by atoms with E-state index >= 15 is 0 Å². The number of rotatable bonds is 3. The summed E-state index contributed by atoms with van der Waals surface area (Å²) in [6, 6.07) is 4.99. The van der Waals surface area contributed by atoms with E-state index in [1.54, 1.807) is 26.8 Å². The van der Waals surface area contributed by atoms with Crippen molar-refractivity contribution >= 4 is 22.9 Å². The lowest BCUT2D eigenvalue weighted by atomic mass is 10.1. The Labute approximate surface area is 151 Å². The van der Waals surface area contributed by atoms with E-state index < -0.39 is 17.6 Å². The van der Waals surface area contributed by atoms with Crippen molar-refractivity contribution in [3.63, 3.8) is 0 Å². The average Bonchev–Trinajstić information content (AvgIpc) is 3.11. The van der Waals surface area contributed by atoms with E-state index in [9.17, 15) is 18.0 Å². The lowest BCUT2D eigenvalue weighted by Gasteiger charge is -2.15. The number of hydrogen-bond donors (Lipinski definition) is 1. The second-order valence-electron chi connectivity index (χ2n) is 5.79. The molecule has 0 aliphatic rings. The molecule has 0 fully saturated rings. The van der Waals surface area contributed by atoms with Crippen LogP contribution in [0.15, 0.2) is 29.8 Å². The first-order chi connectivity index (χ1) is 12.2. The molecular weight excluding hydrogens is 365 g/mol. The number of aryl methyl sites for hydroxylation is 3. The van der Waals surface area contributed by atoms with Crippen LogP contribution in [0, 0.1) is 20.8 Å². The van der Waals surface area contributed by atoms with Crippen LogP contribution in [0.3, 0.4) is 0 Å². The minimum absolute atomic E-state index is 0.0313. The molecule has 1 aromatic carbocycles. The van der Waals surface area contributed by atoms with Crippen LogP contribution in [0.1, 0.15) is 32.3 Å². The first-order valence-corrected chi connectivity index (χ1v) is 8.51. The summed E-state index contributed by atoms with van der Waals surface area (Å²) in [4.78, 5) is 16.8. The normalized spacial score (nSPS) is 11.6. The van der Waals surface area contributed by atoms with Crippen LogP contribution in [0.25, 0.3) is 5.69 Å². The number of nitrogens with zero attached hydrogens (tertiary/aromatic N) is 3. The fraction of sp³-hybridized carbons (Fsp3) is 0.235. The number of hydrogen-bond acceptors (Lipinski definition) is 4. The number of aromatic nitrogens is 3. The number of alkyl halides is 3. The van der Waals surface area contributed by atoms with E-state index in [-0.39, 0.29) is 5.69 Å². The number of nitrogens with one attached hydrogen (secondary N) is 1. The van der Waals surface area contributed by atoms with E-state index in [0.29, 0.717) is 16.3 Å². The lowest BCUT2D eigenvalue weighted by molar-refractivity contribution is -0.137. The van der Waals surface area contributed by atoms with Crippen LogP contribution in [-0.4, -0.2) is 20.7 Å². The van der Waals surface area contributed by atoms with Gasteiger partial charge in [-0.2, -0.15) is 18.3 Å². The van der Waals surface area contributed by atoms with Gasteiger partial charge in [0.25, 0.3) is 5.91 Å². The summed E-state index contributed by atoms with van der Waals surface area (Å²) < 4.78 is 40.9. The molecule has 3 aromatic rings. The van der Waals surface area contributed by atoms with Crippen molar-refractivity contribution in [1.29, 1.82) is 0 Å². The maximum absolute atomic E-state index is 13.1. The highest BCUT2D eigenvalue weighted by Gasteiger charge is 2.31. The van der Waals surface area contributed by atoms with Crippen molar-refractivity contribution in [1.82, 2.24) is 14.8 Å². The molecule has 0 aliphatic carbocycles. The molecule has 0 unspecified atom stereocenters. The molecule has 0 radical (unpaired) electrons. The highest BCUT2D eigenvalue weighted by atomic mass is 32.1. The molecule has 0 aliphatic heterocycles. The molecule has 9 heteroatoms. The number of carbonyl (C=O) groups is 1. The fourth-order valence-electron chi connectivity index (χ4n) is 2.57. The summed E-state index contributed by atoms with van der Waals surface area (Å²) in [5, 5.41) is 6.87. The van der Waals surface area contributed by atoms with Crippen LogP contribution in [0.2, 0.25) is 0 Å². The largest absolute Gasteiger partial charge is 0.416 e. The Kier molecular flexibility index (Phi) is 4.57. The molecule has 1 amide bonds. The second kappa shape index (κ2) is 6.56. The minimum Gasteiger partial charge on any atom is -0.319 e. The Morgan fingerprint density at radius 2 is 1.92 bits per heavy atom. The van der Waals surface area contributed by atoms with Crippen molar-refractivity contribution in [2.45, 2.75) is 26.9 Å². The van der Waals surface area contributed by atoms with Gasteiger partial charge in [0.1, 0.15) is 4.88 Å². The van der Waals surface area contributed by atoms with Gasteiger partial charge in [0, 0.05) is 5.69 Å². The Morgan fingerprint density at radius 1 is 1.19 bits per heavy atom. The number of anilines is 1. The highest BCUT2D eigenvalue weighted by molar-refractivity contribution is 7.12. The van der Waals surface area contributed by atoms with Crippen molar-refractivity contribution < 1.29 is 18.0 Å². The molecule has 0 saturated heterocycles. The molecule has 1 N–H and O–H groups in total. The molecule has 2 heterocycles. The number of halogens is 3. The number of carbonyl (C=O) groups excluding carboxylic acids is 1. The Balaban J connectivity index is 2.09. The van der Waals surface area contributed by atoms with Gasteiger partial charge in [-0.1, -0.05) is 0 Å². The van der Waals surface area contributed by atoms with Crippen LogP contribution in [-0.2, 0) is 6.18 Å². The highest BCUT2D eigenvalue weighted by Crippen LogP contribution is 2.34. The van der Waals surface area contributed by atoms with Gasteiger partial charge in [-0.3, -0.25) is 4.79 Å².